The van der Waals surface area contributed by atoms with Crippen molar-refractivity contribution in [3.63, 3.8) is 0 Å². The van der Waals surface area contributed by atoms with Crippen LogP contribution in [0.3, 0.4) is 0 Å². The number of nitrogens with zero attached hydrogens (tertiary/aromatic N) is 1. The molecule has 0 saturated carbocycles. The molecule has 0 saturated heterocycles. The minimum absolute atomic E-state index is 0.206. The summed E-state index contributed by atoms with van der Waals surface area (Å²) < 4.78 is 28.8. The van der Waals surface area contributed by atoms with Gasteiger partial charge >= 0.3 is 0 Å². The Bertz CT molecular complexity index is 1090. The third-order valence-corrected chi connectivity index (χ3v) is 6.98. The molecule has 3 nitrogen and oxygen atoms in total. The lowest BCUT2D eigenvalue weighted by Crippen LogP contribution is -2.35. The van der Waals surface area contributed by atoms with Gasteiger partial charge in [0.25, 0.3) is 0 Å². The third kappa shape index (κ3) is 4.96. The van der Waals surface area contributed by atoms with E-state index in [1.165, 1.54) is 4.31 Å². The minimum atomic E-state index is -3.73. The largest absolute Gasteiger partial charge is 0.243 e. The summed E-state index contributed by atoms with van der Waals surface area (Å²) >= 11 is 0. The van der Waals surface area contributed by atoms with Crippen molar-refractivity contribution in [2.24, 2.45) is 0 Å². The van der Waals surface area contributed by atoms with Crippen LogP contribution in [0.5, 0.6) is 0 Å². The molecular formula is C26H27NO2S. The fourth-order valence-electron chi connectivity index (χ4n) is 3.45. The predicted molar refractivity (Wildman–Crippen MR) is 125 cm³/mol. The van der Waals surface area contributed by atoms with Crippen molar-refractivity contribution in [1.82, 2.24) is 4.31 Å². The number of aryl methyl sites for hydroxylation is 1. The normalized spacial score (nSPS) is 12.5. The van der Waals surface area contributed by atoms with E-state index in [9.17, 15) is 8.42 Å². The van der Waals surface area contributed by atoms with Crippen LogP contribution < -0.4 is 0 Å². The highest BCUT2D eigenvalue weighted by Crippen LogP contribution is 2.35. The standard InChI is InChI=1S/C26H27NO2S/c1-4-19-27(30(28,29)25-17-15-21(2)16-18-25)26(24-13-9-6-10-14-24)20-22(3)23-11-7-5-8-12-23/h4-18,26H,1,3,19-20H2,2H3. The van der Waals surface area contributed by atoms with Gasteiger partial charge < -0.3 is 0 Å². The van der Waals surface area contributed by atoms with Crippen molar-refractivity contribution in [3.05, 3.63) is 121 Å². The van der Waals surface area contributed by atoms with E-state index in [1.807, 2.05) is 79.7 Å². The van der Waals surface area contributed by atoms with Gasteiger partial charge in [0, 0.05) is 6.54 Å². The molecule has 30 heavy (non-hydrogen) atoms. The Morgan fingerprint density at radius 3 is 2.07 bits per heavy atom. The van der Waals surface area contributed by atoms with Crippen LogP contribution in [-0.2, 0) is 10.0 Å². The molecule has 4 heteroatoms. The van der Waals surface area contributed by atoms with Crippen LogP contribution in [0.4, 0.5) is 0 Å². The van der Waals surface area contributed by atoms with Crippen LogP contribution in [0.2, 0.25) is 0 Å². The molecule has 0 aliphatic heterocycles. The molecule has 0 heterocycles. The van der Waals surface area contributed by atoms with Gasteiger partial charge in [0.1, 0.15) is 0 Å². The Morgan fingerprint density at radius 1 is 0.933 bits per heavy atom. The first-order chi connectivity index (χ1) is 14.4. The smallest absolute Gasteiger partial charge is 0.207 e. The molecule has 0 aliphatic rings. The lowest BCUT2D eigenvalue weighted by Gasteiger charge is -2.31. The van der Waals surface area contributed by atoms with Crippen molar-refractivity contribution in [2.45, 2.75) is 24.3 Å². The van der Waals surface area contributed by atoms with Crippen LogP contribution in [0.1, 0.15) is 29.2 Å². The average Bonchev–Trinajstić information content (AvgIpc) is 2.77. The lowest BCUT2D eigenvalue weighted by atomic mass is 9.95. The Balaban J connectivity index is 2.05. The molecule has 154 valence electrons. The lowest BCUT2D eigenvalue weighted by molar-refractivity contribution is 0.354. The molecule has 0 N–H and O–H groups in total. The molecular weight excluding hydrogens is 390 g/mol. The molecule has 1 unspecified atom stereocenters. The van der Waals surface area contributed by atoms with E-state index in [-0.39, 0.29) is 11.4 Å². The van der Waals surface area contributed by atoms with Gasteiger partial charge in [0.2, 0.25) is 10.0 Å². The first-order valence-electron chi connectivity index (χ1n) is 9.91. The Morgan fingerprint density at radius 2 is 1.50 bits per heavy atom. The minimum Gasteiger partial charge on any atom is -0.207 e. The van der Waals surface area contributed by atoms with E-state index in [1.54, 1.807) is 18.2 Å². The van der Waals surface area contributed by atoms with Crippen LogP contribution in [-0.4, -0.2) is 19.3 Å². The first kappa shape index (κ1) is 21.8. The Hall–Kier alpha value is -2.95. The van der Waals surface area contributed by atoms with E-state index in [4.69, 9.17) is 0 Å². The van der Waals surface area contributed by atoms with Crippen molar-refractivity contribution in [3.8, 4) is 0 Å². The zero-order valence-corrected chi connectivity index (χ0v) is 18.1. The third-order valence-electron chi connectivity index (χ3n) is 5.09. The predicted octanol–water partition coefficient (Wildman–Crippen LogP) is 6.02. The maximum atomic E-state index is 13.6. The summed E-state index contributed by atoms with van der Waals surface area (Å²) in [5.74, 6) is 0. The highest BCUT2D eigenvalue weighted by molar-refractivity contribution is 7.89. The molecule has 0 spiro atoms. The van der Waals surface area contributed by atoms with Crippen LogP contribution >= 0.6 is 0 Å². The molecule has 3 aromatic carbocycles. The molecule has 0 amide bonds. The summed E-state index contributed by atoms with van der Waals surface area (Å²) in [4.78, 5) is 0.279. The summed E-state index contributed by atoms with van der Waals surface area (Å²) in [6, 6.07) is 26.1. The van der Waals surface area contributed by atoms with Crippen molar-refractivity contribution in [1.29, 1.82) is 0 Å². The molecule has 0 aromatic heterocycles. The fraction of sp³-hybridized carbons (Fsp3) is 0.154. The summed E-state index contributed by atoms with van der Waals surface area (Å²) in [7, 11) is -3.73. The van der Waals surface area contributed by atoms with E-state index in [2.05, 4.69) is 13.2 Å². The number of hydrogen-bond acceptors (Lipinski definition) is 2. The zero-order valence-electron chi connectivity index (χ0n) is 17.2. The van der Waals surface area contributed by atoms with Gasteiger partial charge in [-0.2, -0.15) is 4.31 Å². The van der Waals surface area contributed by atoms with Crippen LogP contribution in [0.15, 0.2) is 109 Å². The maximum absolute atomic E-state index is 13.6. The SMILES string of the molecule is C=CCN(C(CC(=C)c1ccccc1)c1ccccc1)S(=O)(=O)c1ccc(C)cc1. The Labute approximate surface area is 180 Å². The average molecular weight is 418 g/mol. The second kappa shape index (κ2) is 9.70. The van der Waals surface area contributed by atoms with Crippen molar-refractivity contribution < 1.29 is 8.42 Å². The molecule has 1 atom stereocenters. The first-order valence-corrected chi connectivity index (χ1v) is 11.3. The van der Waals surface area contributed by atoms with Gasteiger partial charge in [0.05, 0.1) is 10.9 Å². The molecule has 3 aromatic rings. The molecule has 0 aliphatic carbocycles. The summed E-state index contributed by atoms with van der Waals surface area (Å²) in [6.07, 6.45) is 2.11. The summed E-state index contributed by atoms with van der Waals surface area (Å²) in [6.45, 7) is 10.2. The van der Waals surface area contributed by atoms with Crippen LogP contribution in [0, 0.1) is 6.92 Å². The molecule has 0 fully saturated rings. The van der Waals surface area contributed by atoms with Gasteiger partial charge in [-0.25, -0.2) is 8.42 Å². The maximum Gasteiger partial charge on any atom is 0.243 e. The van der Waals surface area contributed by atoms with E-state index in [0.29, 0.717) is 6.42 Å². The van der Waals surface area contributed by atoms with E-state index >= 15 is 0 Å². The van der Waals surface area contributed by atoms with Crippen molar-refractivity contribution >= 4 is 15.6 Å². The molecule has 0 radical (unpaired) electrons. The highest BCUT2D eigenvalue weighted by atomic mass is 32.2. The summed E-state index contributed by atoms with van der Waals surface area (Å²) in [5.41, 5.74) is 3.83. The van der Waals surface area contributed by atoms with Gasteiger partial charge in [-0.1, -0.05) is 91.0 Å². The van der Waals surface area contributed by atoms with Gasteiger partial charge in [-0.3, -0.25) is 0 Å². The van der Waals surface area contributed by atoms with Gasteiger partial charge in [-0.05, 0) is 42.2 Å². The second-order valence-corrected chi connectivity index (χ2v) is 9.17. The molecule has 0 bridgehead atoms. The fourth-order valence-corrected chi connectivity index (χ4v) is 5.04. The van der Waals surface area contributed by atoms with Crippen LogP contribution in [0.25, 0.3) is 5.57 Å². The quantitative estimate of drug-likeness (QED) is 0.399. The molecule has 3 rings (SSSR count). The monoisotopic (exact) mass is 417 g/mol. The van der Waals surface area contributed by atoms with Crippen molar-refractivity contribution in [2.75, 3.05) is 6.54 Å². The summed E-state index contributed by atoms with van der Waals surface area (Å²) in [5, 5.41) is 0. The number of sulfonamides is 1. The number of benzene rings is 3. The van der Waals surface area contributed by atoms with E-state index in [0.717, 1.165) is 22.3 Å². The highest BCUT2D eigenvalue weighted by Gasteiger charge is 2.32. The number of rotatable bonds is 9. The Kier molecular flexibility index (Phi) is 7.03. The van der Waals surface area contributed by atoms with E-state index < -0.39 is 16.1 Å². The zero-order chi connectivity index (χ0) is 21.6. The van der Waals surface area contributed by atoms with Gasteiger partial charge in [-0.15, -0.1) is 6.58 Å². The van der Waals surface area contributed by atoms with Gasteiger partial charge in [0.15, 0.2) is 0 Å². The second-order valence-electron chi connectivity index (χ2n) is 7.28. The topological polar surface area (TPSA) is 37.4 Å². The number of hydrogen-bond donors (Lipinski definition) is 0.